The van der Waals surface area contributed by atoms with Crippen molar-refractivity contribution in [2.24, 2.45) is 0 Å². The molecule has 0 bridgehead atoms. The second-order valence-electron chi connectivity index (χ2n) is 7.00. The summed E-state index contributed by atoms with van der Waals surface area (Å²) in [6, 6.07) is 15.8. The second-order valence-corrected chi connectivity index (χ2v) is 7.00. The van der Waals surface area contributed by atoms with E-state index in [1.54, 1.807) is 12.1 Å². The normalized spacial score (nSPS) is 11.1. The molecule has 0 fully saturated rings. The number of aryl methyl sites for hydroxylation is 1. The molecule has 0 aromatic heterocycles. The van der Waals surface area contributed by atoms with Gasteiger partial charge >= 0.3 is 17.9 Å². The third-order valence-corrected chi connectivity index (χ3v) is 4.40. The molecule has 9 nitrogen and oxygen atoms in total. The zero-order valence-electron chi connectivity index (χ0n) is 17.7. The molecule has 32 heavy (non-hydrogen) atoms. The number of phenolic OH excluding ortho intramolecular Hbond substituents is 1. The van der Waals surface area contributed by atoms with E-state index in [1.165, 1.54) is 0 Å². The van der Waals surface area contributed by atoms with Crippen LogP contribution in [0.1, 0.15) is 24.0 Å². The highest BCUT2D eigenvalue weighted by atomic mass is 16.4. The predicted molar refractivity (Wildman–Crippen MR) is 119 cm³/mol. The van der Waals surface area contributed by atoms with Crippen LogP contribution in [0, 0.1) is 0 Å². The van der Waals surface area contributed by atoms with Gasteiger partial charge in [0.15, 0.2) is 0 Å². The Kier molecular flexibility index (Phi) is 12.8. The molecule has 0 unspecified atom stereocenters. The average molecular weight is 447 g/mol. The number of carbonyl (C=O) groups is 3. The number of nitrogens with one attached hydrogen (secondary N) is 2. The lowest BCUT2D eigenvalue weighted by Crippen LogP contribution is -2.38. The van der Waals surface area contributed by atoms with Crippen molar-refractivity contribution in [3.05, 3.63) is 65.7 Å². The lowest BCUT2D eigenvalue weighted by atomic mass is 10.1. The molecular formula is C23H30N2O7. The van der Waals surface area contributed by atoms with Gasteiger partial charge in [0.05, 0.1) is 13.0 Å². The van der Waals surface area contributed by atoms with Gasteiger partial charge in [-0.1, -0.05) is 42.5 Å². The molecule has 6 N–H and O–H groups in total. The zero-order chi connectivity index (χ0) is 23.8. The van der Waals surface area contributed by atoms with Crippen LogP contribution in [0.5, 0.6) is 5.75 Å². The zero-order valence-corrected chi connectivity index (χ0v) is 17.7. The quantitative estimate of drug-likeness (QED) is 0.252. The van der Waals surface area contributed by atoms with E-state index in [2.05, 4.69) is 10.6 Å². The summed E-state index contributed by atoms with van der Waals surface area (Å²) < 4.78 is 0. The minimum Gasteiger partial charge on any atom is -0.508 e. The summed E-state index contributed by atoms with van der Waals surface area (Å²) in [6.45, 7) is 0.774. The Balaban J connectivity index is 0.000000330. The highest BCUT2D eigenvalue weighted by molar-refractivity contribution is 5.73. The molecule has 1 atom stereocenters. The molecule has 0 spiro atoms. The Bertz CT molecular complexity index is 826. The van der Waals surface area contributed by atoms with E-state index >= 15 is 0 Å². The SMILES string of the molecule is O=C(O)CCN[C@H](CCc1ccccc1)C(=O)O.O=C(O)CNCCc1ccc(O)cc1. The molecule has 9 heteroatoms. The van der Waals surface area contributed by atoms with E-state index in [0.717, 1.165) is 17.5 Å². The average Bonchev–Trinajstić information content (AvgIpc) is 2.75. The summed E-state index contributed by atoms with van der Waals surface area (Å²) >= 11 is 0. The number of benzene rings is 2. The molecule has 0 heterocycles. The van der Waals surface area contributed by atoms with Crippen molar-refractivity contribution in [1.82, 2.24) is 10.6 Å². The minimum atomic E-state index is -0.948. The van der Waals surface area contributed by atoms with Crippen LogP contribution in [-0.2, 0) is 27.2 Å². The highest BCUT2D eigenvalue weighted by Gasteiger charge is 2.16. The van der Waals surface area contributed by atoms with E-state index in [0.29, 0.717) is 19.4 Å². The van der Waals surface area contributed by atoms with E-state index in [9.17, 15) is 14.4 Å². The number of hydrogen-bond acceptors (Lipinski definition) is 6. The Morgan fingerprint density at radius 3 is 1.97 bits per heavy atom. The van der Waals surface area contributed by atoms with Crippen LogP contribution in [0.25, 0.3) is 0 Å². The van der Waals surface area contributed by atoms with Crippen molar-refractivity contribution in [3.8, 4) is 5.75 Å². The van der Waals surface area contributed by atoms with Crippen LogP contribution in [0.4, 0.5) is 0 Å². The van der Waals surface area contributed by atoms with Gasteiger partial charge in [-0.3, -0.25) is 14.4 Å². The van der Waals surface area contributed by atoms with Gasteiger partial charge in [0.2, 0.25) is 0 Å². The Morgan fingerprint density at radius 1 is 0.781 bits per heavy atom. The maximum Gasteiger partial charge on any atom is 0.320 e. The van der Waals surface area contributed by atoms with Crippen LogP contribution < -0.4 is 10.6 Å². The minimum absolute atomic E-state index is 0.0158. The fraction of sp³-hybridized carbons (Fsp3) is 0.348. The molecule has 0 aliphatic carbocycles. The third-order valence-electron chi connectivity index (χ3n) is 4.40. The summed E-state index contributed by atoms with van der Waals surface area (Å²) in [6.07, 6.45) is 1.78. The molecule has 0 radical (unpaired) electrons. The topological polar surface area (TPSA) is 156 Å². The lowest BCUT2D eigenvalue weighted by molar-refractivity contribution is -0.141. The van der Waals surface area contributed by atoms with Crippen LogP contribution >= 0.6 is 0 Å². The predicted octanol–water partition coefficient (Wildman–Crippen LogP) is 1.75. The summed E-state index contributed by atoms with van der Waals surface area (Å²) in [7, 11) is 0. The van der Waals surface area contributed by atoms with E-state index in [4.69, 9.17) is 20.4 Å². The Hall–Kier alpha value is -3.43. The maximum absolute atomic E-state index is 11.0. The summed E-state index contributed by atoms with van der Waals surface area (Å²) in [5, 5.41) is 40.4. The number of hydrogen-bond donors (Lipinski definition) is 6. The van der Waals surface area contributed by atoms with Crippen molar-refractivity contribution in [2.45, 2.75) is 31.7 Å². The van der Waals surface area contributed by atoms with Crippen molar-refractivity contribution >= 4 is 17.9 Å². The van der Waals surface area contributed by atoms with Gasteiger partial charge in [0.25, 0.3) is 0 Å². The fourth-order valence-electron chi connectivity index (χ4n) is 2.71. The summed E-state index contributed by atoms with van der Waals surface area (Å²) in [5.41, 5.74) is 2.14. The van der Waals surface area contributed by atoms with Crippen molar-refractivity contribution in [1.29, 1.82) is 0 Å². The number of aliphatic carboxylic acids is 3. The van der Waals surface area contributed by atoms with Crippen molar-refractivity contribution < 1.29 is 34.8 Å². The van der Waals surface area contributed by atoms with Gasteiger partial charge < -0.3 is 31.1 Å². The van der Waals surface area contributed by atoms with Gasteiger partial charge in [-0.15, -0.1) is 0 Å². The number of carboxylic acid groups (broad SMARTS) is 3. The van der Waals surface area contributed by atoms with Crippen LogP contribution in [-0.4, -0.2) is 64.0 Å². The maximum atomic E-state index is 11.0. The molecule has 0 aliphatic heterocycles. The van der Waals surface area contributed by atoms with Crippen molar-refractivity contribution in [3.63, 3.8) is 0 Å². The van der Waals surface area contributed by atoms with Gasteiger partial charge in [-0.25, -0.2) is 0 Å². The first kappa shape index (κ1) is 26.6. The van der Waals surface area contributed by atoms with Crippen LogP contribution in [0.2, 0.25) is 0 Å². The Labute approximate surface area is 186 Å². The highest BCUT2D eigenvalue weighted by Crippen LogP contribution is 2.09. The summed E-state index contributed by atoms with van der Waals surface area (Å²) in [5.74, 6) is -2.49. The Morgan fingerprint density at radius 2 is 1.41 bits per heavy atom. The first-order chi connectivity index (χ1) is 15.3. The van der Waals surface area contributed by atoms with E-state index in [1.807, 2.05) is 42.5 Å². The molecule has 0 amide bonds. The third kappa shape index (κ3) is 13.0. The van der Waals surface area contributed by atoms with Crippen LogP contribution in [0.3, 0.4) is 0 Å². The number of carboxylic acids is 3. The molecule has 2 aromatic rings. The largest absolute Gasteiger partial charge is 0.508 e. The second kappa shape index (κ2) is 15.4. The molecule has 0 saturated carbocycles. The van der Waals surface area contributed by atoms with Gasteiger partial charge in [-0.05, 0) is 49.1 Å². The molecule has 2 rings (SSSR count). The molecule has 0 saturated heterocycles. The molecular weight excluding hydrogens is 416 g/mol. The number of rotatable bonds is 13. The van der Waals surface area contributed by atoms with Gasteiger partial charge in [-0.2, -0.15) is 0 Å². The van der Waals surface area contributed by atoms with Crippen LogP contribution in [0.15, 0.2) is 54.6 Å². The first-order valence-electron chi connectivity index (χ1n) is 10.2. The van der Waals surface area contributed by atoms with Gasteiger partial charge in [0, 0.05) is 6.54 Å². The molecule has 0 aliphatic rings. The fourth-order valence-corrected chi connectivity index (χ4v) is 2.71. The molecule has 174 valence electrons. The summed E-state index contributed by atoms with van der Waals surface area (Å²) in [4.78, 5) is 31.5. The standard InChI is InChI=1S/C13H17NO4.C10H13NO3/c15-12(16)8-9-14-11(13(17)18)7-6-10-4-2-1-3-5-10;12-9-3-1-8(2-4-9)5-6-11-7-10(13)14/h1-5,11,14H,6-9H2,(H,15,16)(H,17,18);1-4,11-12H,5-7H2,(H,13,14)/t11-;/m1./s1. The number of phenols is 1. The van der Waals surface area contributed by atoms with E-state index < -0.39 is 23.9 Å². The number of aromatic hydroxyl groups is 1. The first-order valence-corrected chi connectivity index (χ1v) is 10.2. The van der Waals surface area contributed by atoms with Crippen molar-refractivity contribution in [2.75, 3.05) is 19.6 Å². The van der Waals surface area contributed by atoms with Gasteiger partial charge in [0.1, 0.15) is 11.8 Å². The monoisotopic (exact) mass is 446 g/mol. The van der Waals surface area contributed by atoms with E-state index in [-0.39, 0.29) is 25.3 Å². The lowest BCUT2D eigenvalue weighted by Gasteiger charge is -2.13. The molecule has 2 aromatic carbocycles. The smallest absolute Gasteiger partial charge is 0.320 e.